The number of nitrogens with zero attached hydrogens (tertiary/aromatic N) is 3. The molecule has 2 aliphatic heterocycles. The zero-order valence-electron chi connectivity index (χ0n) is 22.4. The lowest BCUT2D eigenvalue weighted by molar-refractivity contribution is -0.116. The molecule has 1 aromatic heterocycles. The zero-order valence-corrected chi connectivity index (χ0v) is 23.2. The van der Waals surface area contributed by atoms with Gasteiger partial charge in [0.25, 0.3) is 0 Å². The van der Waals surface area contributed by atoms with Crippen molar-refractivity contribution in [1.29, 1.82) is 0 Å². The van der Waals surface area contributed by atoms with E-state index in [4.69, 9.17) is 16.3 Å². The number of nitrogens with one attached hydrogen (secondary N) is 2. The molecule has 2 atom stereocenters. The molecule has 0 bridgehead atoms. The molecule has 2 aromatic carbocycles. The van der Waals surface area contributed by atoms with Crippen molar-refractivity contribution < 1.29 is 13.9 Å². The molecule has 1 saturated carbocycles. The number of aromatic nitrogens is 2. The van der Waals surface area contributed by atoms with Crippen LogP contribution < -0.4 is 15.4 Å². The number of amides is 1. The number of fused-ring (bicyclic) bond motifs is 5. The highest BCUT2D eigenvalue weighted by Crippen LogP contribution is 2.59. The van der Waals surface area contributed by atoms with Gasteiger partial charge in [-0.15, -0.1) is 0 Å². The summed E-state index contributed by atoms with van der Waals surface area (Å²) in [4.78, 5) is 23.4. The molecule has 208 valence electrons. The standard InChI is InChI=1S/C31H33ClFN5O2/c1-2-24(39)34-10-11-35-29-22-16-23(32)26(20-7-3-6-18-14-19-15-21(19)25(18)20)27(33)28(22)36-30(37-29)40-17-31-8-4-12-38(31)13-5-9-31/h2-3,6-7,16,19,21H,1,4-5,8-15,17H2,(H,34,39)(H,35,36,37). The van der Waals surface area contributed by atoms with Gasteiger partial charge in [0.1, 0.15) is 17.9 Å². The van der Waals surface area contributed by atoms with Gasteiger partial charge < -0.3 is 15.4 Å². The summed E-state index contributed by atoms with van der Waals surface area (Å²) >= 11 is 6.82. The number of carbonyl (C=O) groups excluding carboxylic acids is 1. The van der Waals surface area contributed by atoms with Crippen LogP contribution in [0.3, 0.4) is 0 Å². The van der Waals surface area contributed by atoms with Crippen molar-refractivity contribution in [3.8, 4) is 17.1 Å². The van der Waals surface area contributed by atoms with Crippen LogP contribution in [-0.2, 0) is 11.2 Å². The van der Waals surface area contributed by atoms with Crippen LogP contribution in [0.5, 0.6) is 6.01 Å². The van der Waals surface area contributed by atoms with Crippen LogP contribution in [-0.4, -0.2) is 59.1 Å². The van der Waals surface area contributed by atoms with Crippen molar-refractivity contribution in [2.75, 3.05) is 38.1 Å². The predicted molar refractivity (Wildman–Crippen MR) is 154 cm³/mol. The maximum absolute atomic E-state index is 16.5. The highest BCUT2D eigenvalue weighted by atomic mass is 35.5. The van der Waals surface area contributed by atoms with Gasteiger partial charge in [-0.3, -0.25) is 9.69 Å². The van der Waals surface area contributed by atoms with Crippen molar-refractivity contribution in [2.45, 2.75) is 50.0 Å². The second-order valence-corrected chi connectivity index (χ2v) is 12.0. The van der Waals surface area contributed by atoms with Gasteiger partial charge in [0, 0.05) is 24.0 Å². The molecule has 3 fully saturated rings. The molecular formula is C31H33ClFN5O2. The topological polar surface area (TPSA) is 79.4 Å². The van der Waals surface area contributed by atoms with Crippen LogP contribution in [0.1, 0.15) is 49.1 Å². The van der Waals surface area contributed by atoms with Crippen molar-refractivity contribution in [3.05, 3.63) is 58.9 Å². The first kappa shape index (κ1) is 25.7. The van der Waals surface area contributed by atoms with Crippen molar-refractivity contribution in [3.63, 3.8) is 0 Å². The third-order valence-corrected chi connectivity index (χ3v) is 9.58. The van der Waals surface area contributed by atoms with E-state index in [1.54, 1.807) is 6.07 Å². The average molecular weight is 562 g/mol. The summed E-state index contributed by atoms with van der Waals surface area (Å²) in [5, 5.41) is 6.78. The van der Waals surface area contributed by atoms with Crippen LogP contribution in [0.4, 0.5) is 10.2 Å². The first-order valence-corrected chi connectivity index (χ1v) is 14.7. The smallest absolute Gasteiger partial charge is 0.319 e. The normalized spacial score (nSPS) is 22.1. The van der Waals surface area contributed by atoms with Gasteiger partial charge in [0.2, 0.25) is 5.91 Å². The summed E-state index contributed by atoms with van der Waals surface area (Å²) in [6, 6.07) is 8.01. The Morgan fingerprint density at radius 2 is 2.08 bits per heavy atom. The Morgan fingerprint density at radius 1 is 1.25 bits per heavy atom. The van der Waals surface area contributed by atoms with Crippen LogP contribution in [0.2, 0.25) is 5.02 Å². The highest BCUT2D eigenvalue weighted by Gasteiger charge is 2.47. The maximum atomic E-state index is 16.5. The third-order valence-electron chi connectivity index (χ3n) is 9.29. The van der Waals surface area contributed by atoms with E-state index >= 15 is 4.39 Å². The highest BCUT2D eigenvalue weighted by molar-refractivity contribution is 6.34. The van der Waals surface area contributed by atoms with E-state index < -0.39 is 5.82 Å². The van der Waals surface area contributed by atoms with E-state index in [1.807, 2.05) is 12.1 Å². The fourth-order valence-electron chi connectivity index (χ4n) is 7.28. The van der Waals surface area contributed by atoms with Gasteiger partial charge in [0.15, 0.2) is 5.82 Å². The summed E-state index contributed by atoms with van der Waals surface area (Å²) < 4.78 is 22.8. The number of halogens is 2. The van der Waals surface area contributed by atoms with Gasteiger partial charge >= 0.3 is 6.01 Å². The number of benzene rings is 2. The molecule has 7 nitrogen and oxygen atoms in total. The van der Waals surface area contributed by atoms with Crippen LogP contribution in [0, 0.1) is 11.7 Å². The predicted octanol–water partition coefficient (Wildman–Crippen LogP) is 5.47. The van der Waals surface area contributed by atoms with Crippen molar-refractivity contribution in [1.82, 2.24) is 20.2 Å². The average Bonchev–Trinajstić information content (AvgIpc) is 3.25. The molecule has 4 aliphatic rings. The molecule has 2 saturated heterocycles. The van der Waals surface area contributed by atoms with Gasteiger partial charge in [-0.25, -0.2) is 4.39 Å². The Balaban J connectivity index is 1.27. The fourth-order valence-corrected chi connectivity index (χ4v) is 7.57. The largest absolute Gasteiger partial charge is 0.461 e. The van der Waals surface area contributed by atoms with E-state index in [9.17, 15) is 4.79 Å². The number of hydrogen-bond donors (Lipinski definition) is 2. The van der Waals surface area contributed by atoms with Crippen LogP contribution >= 0.6 is 11.6 Å². The molecule has 3 heterocycles. The van der Waals surface area contributed by atoms with Crippen molar-refractivity contribution >= 4 is 34.2 Å². The Morgan fingerprint density at radius 3 is 2.88 bits per heavy atom. The molecule has 1 amide bonds. The number of rotatable bonds is 9. The van der Waals surface area contributed by atoms with Gasteiger partial charge in [-0.1, -0.05) is 36.4 Å². The molecule has 0 spiro atoms. The van der Waals surface area contributed by atoms with Gasteiger partial charge in [-0.05, 0) is 92.3 Å². The molecule has 2 aliphatic carbocycles. The molecule has 40 heavy (non-hydrogen) atoms. The second-order valence-electron chi connectivity index (χ2n) is 11.6. The Bertz CT molecular complexity index is 1520. The van der Waals surface area contributed by atoms with Gasteiger partial charge in [0.05, 0.1) is 10.6 Å². The molecule has 2 unspecified atom stereocenters. The van der Waals surface area contributed by atoms with Gasteiger partial charge in [-0.2, -0.15) is 9.97 Å². The maximum Gasteiger partial charge on any atom is 0.319 e. The molecule has 0 radical (unpaired) electrons. The van der Waals surface area contributed by atoms with E-state index in [2.05, 4.69) is 38.1 Å². The number of anilines is 1. The quantitative estimate of drug-likeness (QED) is 0.266. The monoisotopic (exact) mass is 561 g/mol. The number of hydrogen-bond acceptors (Lipinski definition) is 6. The number of carbonyl (C=O) groups is 1. The Hall–Kier alpha value is -3.23. The summed E-state index contributed by atoms with van der Waals surface area (Å²) in [5.74, 6) is 0.861. The summed E-state index contributed by atoms with van der Waals surface area (Å²) in [6.45, 7) is 6.85. The minimum Gasteiger partial charge on any atom is -0.461 e. The SMILES string of the molecule is C=CC(=O)NCCNc1nc(OCC23CCCN2CCC3)nc2c(F)c(-c3cccc4c3C3CC3C4)c(Cl)cc12. The molecule has 7 rings (SSSR count). The van der Waals surface area contributed by atoms with E-state index in [0.717, 1.165) is 57.2 Å². The van der Waals surface area contributed by atoms with Crippen molar-refractivity contribution in [2.24, 2.45) is 5.92 Å². The Kier molecular flexibility index (Phi) is 6.43. The molecule has 9 heteroatoms. The lowest BCUT2D eigenvalue weighted by Crippen LogP contribution is -2.43. The number of ether oxygens (including phenoxy) is 1. The summed E-state index contributed by atoms with van der Waals surface area (Å²) in [5.41, 5.74) is 3.97. The first-order chi connectivity index (χ1) is 19.5. The zero-order chi connectivity index (χ0) is 27.4. The lowest BCUT2D eigenvalue weighted by Gasteiger charge is -2.31. The summed E-state index contributed by atoms with van der Waals surface area (Å²) in [6.07, 6.45) is 7.92. The molecular weight excluding hydrogens is 529 g/mol. The minimum atomic E-state index is -0.461. The second kappa shape index (κ2) is 10.00. The lowest BCUT2D eigenvalue weighted by atomic mass is 9.93. The van der Waals surface area contributed by atoms with E-state index in [-0.39, 0.29) is 23.0 Å². The summed E-state index contributed by atoms with van der Waals surface area (Å²) in [7, 11) is 0. The fraction of sp³-hybridized carbons (Fsp3) is 0.452. The minimum absolute atomic E-state index is 0.00990. The Labute approximate surface area is 238 Å². The van der Waals surface area contributed by atoms with Crippen LogP contribution in [0.15, 0.2) is 36.9 Å². The first-order valence-electron chi connectivity index (χ1n) is 14.3. The third kappa shape index (κ3) is 4.32. The van der Waals surface area contributed by atoms with E-state index in [0.29, 0.717) is 53.3 Å². The molecule has 3 aromatic rings. The molecule has 2 N–H and O–H groups in total. The van der Waals surface area contributed by atoms with E-state index in [1.165, 1.54) is 17.2 Å². The van der Waals surface area contributed by atoms with Crippen LogP contribution in [0.25, 0.3) is 22.0 Å².